The van der Waals surface area contributed by atoms with Gasteiger partial charge >= 0.3 is 6.09 Å². The van der Waals surface area contributed by atoms with Crippen molar-refractivity contribution in [1.82, 2.24) is 14.7 Å². The number of carbonyl (C=O) groups is 2. The van der Waals surface area contributed by atoms with Gasteiger partial charge in [-0.05, 0) is 26.8 Å². The number of carbonyl (C=O) groups excluding carboxylic acids is 2. The molecule has 0 N–H and O–H groups in total. The number of hydrogen-bond donors (Lipinski definition) is 0. The molecule has 1 saturated carbocycles. The van der Waals surface area contributed by atoms with E-state index in [1.54, 1.807) is 4.90 Å². The summed E-state index contributed by atoms with van der Waals surface area (Å²) in [5, 5.41) is 0. The minimum Gasteiger partial charge on any atom is -0.441 e. The highest BCUT2D eigenvalue weighted by molar-refractivity contribution is 5.78. The molecule has 6 nitrogen and oxygen atoms in total. The van der Waals surface area contributed by atoms with E-state index in [4.69, 9.17) is 4.74 Å². The van der Waals surface area contributed by atoms with Crippen LogP contribution < -0.4 is 0 Å². The van der Waals surface area contributed by atoms with Gasteiger partial charge in [0, 0.05) is 38.5 Å². The second-order valence-electron chi connectivity index (χ2n) is 7.30. The third-order valence-electron chi connectivity index (χ3n) is 5.78. The fourth-order valence-corrected chi connectivity index (χ4v) is 4.15. The summed E-state index contributed by atoms with van der Waals surface area (Å²) in [6.07, 6.45) is 6.32. The van der Waals surface area contributed by atoms with Crippen LogP contribution in [0.4, 0.5) is 4.79 Å². The molecule has 1 aliphatic carbocycles. The molecule has 3 aliphatic rings. The van der Waals surface area contributed by atoms with Crippen molar-refractivity contribution in [2.24, 2.45) is 0 Å². The first-order chi connectivity index (χ1) is 11.0. The van der Waals surface area contributed by atoms with Crippen molar-refractivity contribution in [1.29, 1.82) is 0 Å². The molecule has 0 aromatic heterocycles. The van der Waals surface area contributed by atoms with Gasteiger partial charge in [-0.15, -0.1) is 0 Å². The lowest BCUT2D eigenvalue weighted by molar-refractivity contribution is -0.136. The highest BCUT2D eigenvalue weighted by atomic mass is 16.6. The highest BCUT2D eigenvalue weighted by Crippen LogP contribution is 2.33. The molecule has 3 fully saturated rings. The zero-order chi connectivity index (χ0) is 16.4. The van der Waals surface area contributed by atoms with E-state index in [0.29, 0.717) is 38.8 Å². The normalized spacial score (nSPS) is 24.7. The molecule has 0 radical (unpaired) electrons. The SMILES string of the molecule is CCN1CC2(CCN(C(=O)CN(C)C3CCCC3)CC2)OC1=O. The average Bonchev–Trinajstić information content (AvgIpc) is 3.16. The monoisotopic (exact) mass is 323 g/mol. The highest BCUT2D eigenvalue weighted by Gasteiger charge is 2.47. The maximum Gasteiger partial charge on any atom is 0.410 e. The van der Waals surface area contributed by atoms with Gasteiger partial charge in [0.25, 0.3) is 0 Å². The van der Waals surface area contributed by atoms with E-state index in [0.717, 1.165) is 12.8 Å². The first-order valence-corrected chi connectivity index (χ1v) is 8.99. The van der Waals surface area contributed by atoms with E-state index in [1.165, 1.54) is 25.7 Å². The van der Waals surface area contributed by atoms with Crippen LogP contribution in [0.5, 0.6) is 0 Å². The smallest absolute Gasteiger partial charge is 0.410 e. The lowest BCUT2D eigenvalue weighted by Crippen LogP contribution is -2.51. The first-order valence-electron chi connectivity index (χ1n) is 8.99. The van der Waals surface area contributed by atoms with Crippen LogP contribution in [0.1, 0.15) is 45.4 Å². The zero-order valence-electron chi connectivity index (χ0n) is 14.4. The lowest BCUT2D eigenvalue weighted by atomic mass is 9.91. The topological polar surface area (TPSA) is 53.1 Å². The van der Waals surface area contributed by atoms with Gasteiger partial charge in [-0.2, -0.15) is 0 Å². The van der Waals surface area contributed by atoms with E-state index in [-0.39, 0.29) is 17.6 Å². The molecule has 2 aliphatic heterocycles. The molecule has 0 unspecified atom stereocenters. The summed E-state index contributed by atoms with van der Waals surface area (Å²) in [6, 6.07) is 0.573. The van der Waals surface area contributed by atoms with Crippen LogP contribution in [0.3, 0.4) is 0 Å². The van der Waals surface area contributed by atoms with Crippen molar-refractivity contribution >= 4 is 12.0 Å². The Bertz CT molecular complexity index is 454. The van der Waals surface area contributed by atoms with Crippen LogP contribution in [0.25, 0.3) is 0 Å². The molecular weight excluding hydrogens is 294 g/mol. The molecule has 1 spiro atoms. The molecule has 0 bridgehead atoms. The molecule has 2 heterocycles. The Balaban J connectivity index is 1.49. The van der Waals surface area contributed by atoms with E-state index < -0.39 is 0 Å². The molecule has 2 saturated heterocycles. The fourth-order valence-electron chi connectivity index (χ4n) is 4.15. The quantitative estimate of drug-likeness (QED) is 0.790. The van der Waals surface area contributed by atoms with E-state index >= 15 is 0 Å². The number of ether oxygens (including phenoxy) is 1. The standard InChI is InChI=1S/C17H29N3O3/c1-3-19-13-17(23-16(19)22)8-10-20(11-9-17)15(21)12-18(2)14-6-4-5-7-14/h14H,3-13H2,1-2H3. The number of nitrogens with zero attached hydrogens (tertiary/aromatic N) is 3. The molecule has 0 aromatic rings. The zero-order valence-corrected chi connectivity index (χ0v) is 14.4. The van der Waals surface area contributed by atoms with Crippen LogP contribution >= 0.6 is 0 Å². The molecule has 0 aromatic carbocycles. The molecule has 23 heavy (non-hydrogen) atoms. The Morgan fingerprint density at radius 2 is 1.96 bits per heavy atom. The predicted molar refractivity (Wildman–Crippen MR) is 87.2 cm³/mol. The summed E-state index contributed by atoms with van der Waals surface area (Å²) >= 11 is 0. The van der Waals surface area contributed by atoms with Crippen molar-refractivity contribution < 1.29 is 14.3 Å². The summed E-state index contributed by atoms with van der Waals surface area (Å²) < 4.78 is 5.62. The molecule has 2 amide bonds. The van der Waals surface area contributed by atoms with Gasteiger partial charge in [-0.3, -0.25) is 9.69 Å². The van der Waals surface area contributed by atoms with Gasteiger partial charge in [0.15, 0.2) is 0 Å². The van der Waals surface area contributed by atoms with E-state index in [9.17, 15) is 9.59 Å². The van der Waals surface area contributed by atoms with Crippen LogP contribution in [0.15, 0.2) is 0 Å². The second kappa shape index (κ2) is 6.67. The number of piperidine rings is 1. The van der Waals surface area contributed by atoms with Crippen molar-refractivity contribution in [3.63, 3.8) is 0 Å². The van der Waals surface area contributed by atoms with Crippen LogP contribution in [-0.4, -0.2) is 78.1 Å². The predicted octanol–water partition coefficient (Wildman–Crippen LogP) is 1.69. The number of hydrogen-bond acceptors (Lipinski definition) is 4. The Morgan fingerprint density at radius 1 is 1.30 bits per heavy atom. The van der Waals surface area contributed by atoms with Gasteiger partial charge < -0.3 is 14.5 Å². The van der Waals surface area contributed by atoms with Gasteiger partial charge in [0.05, 0.1) is 13.1 Å². The van der Waals surface area contributed by atoms with Crippen molar-refractivity contribution in [2.45, 2.75) is 57.1 Å². The van der Waals surface area contributed by atoms with E-state index in [1.807, 2.05) is 11.8 Å². The summed E-state index contributed by atoms with van der Waals surface area (Å²) in [4.78, 5) is 30.2. The van der Waals surface area contributed by atoms with Crippen LogP contribution in [0.2, 0.25) is 0 Å². The molecule has 6 heteroatoms. The third-order valence-corrected chi connectivity index (χ3v) is 5.78. The van der Waals surface area contributed by atoms with Crippen molar-refractivity contribution in [3.8, 4) is 0 Å². The van der Waals surface area contributed by atoms with Crippen molar-refractivity contribution in [3.05, 3.63) is 0 Å². The Labute approximate surface area is 138 Å². The van der Waals surface area contributed by atoms with E-state index in [2.05, 4.69) is 11.9 Å². The maximum atomic E-state index is 12.5. The first kappa shape index (κ1) is 16.6. The maximum absolute atomic E-state index is 12.5. The number of amides is 2. The largest absolute Gasteiger partial charge is 0.441 e. The summed E-state index contributed by atoms with van der Waals surface area (Å²) in [7, 11) is 2.07. The Morgan fingerprint density at radius 3 is 2.52 bits per heavy atom. The average molecular weight is 323 g/mol. The van der Waals surface area contributed by atoms with Crippen LogP contribution in [0, 0.1) is 0 Å². The Hall–Kier alpha value is -1.30. The summed E-state index contributed by atoms with van der Waals surface area (Å²) in [5.74, 6) is 0.214. The molecular formula is C17H29N3O3. The number of likely N-dealkylation sites (N-methyl/N-ethyl adjacent to an activating group) is 2. The molecule has 0 atom stereocenters. The third kappa shape index (κ3) is 3.47. The van der Waals surface area contributed by atoms with Gasteiger partial charge in [0.1, 0.15) is 5.60 Å². The molecule has 130 valence electrons. The lowest BCUT2D eigenvalue weighted by Gasteiger charge is -2.38. The van der Waals surface area contributed by atoms with Crippen LogP contribution in [-0.2, 0) is 9.53 Å². The second-order valence-corrected chi connectivity index (χ2v) is 7.30. The van der Waals surface area contributed by atoms with Crippen molar-refractivity contribution in [2.75, 3.05) is 39.8 Å². The number of likely N-dealkylation sites (tertiary alicyclic amines) is 1. The minimum atomic E-state index is -0.360. The molecule has 3 rings (SSSR count). The van der Waals surface area contributed by atoms with Gasteiger partial charge in [-0.1, -0.05) is 12.8 Å². The van der Waals surface area contributed by atoms with Gasteiger partial charge in [-0.25, -0.2) is 4.79 Å². The minimum absolute atomic E-state index is 0.201. The summed E-state index contributed by atoms with van der Waals surface area (Å²) in [5.41, 5.74) is -0.360. The fraction of sp³-hybridized carbons (Fsp3) is 0.882. The summed E-state index contributed by atoms with van der Waals surface area (Å²) in [6.45, 7) is 5.24. The Kier molecular flexibility index (Phi) is 4.80. The van der Waals surface area contributed by atoms with Gasteiger partial charge in [0.2, 0.25) is 5.91 Å². The number of rotatable bonds is 4.